The molecule has 4 aromatic rings. The Morgan fingerprint density at radius 2 is 0.923 bits per heavy atom. The van der Waals surface area contributed by atoms with E-state index >= 15 is 0 Å². The molecule has 0 saturated heterocycles. The predicted octanol–water partition coefficient (Wildman–Crippen LogP) is 7.24. The second kappa shape index (κ2) is 18.0. The maximum Gasteiger partial charge on any atom is 0.269 e. The molecule has 0 fully saturated rings. The minimum absolute atomic E-state index is 0.0368. The number of non-ortho nitro benzene ring substituents is 2. The minimum Gasteiger partial charge on any atom is -0.495 e. The van der Waals surface area contributed by atoms with Crippen LogP contribution in [-0.2, 0) is 20.0 Å². The van der Waals surface area contributed by atoms with Gasteiger partial charge in [-0.3, -0.25) is 28.8 Å². The Labute approximate surface area is 303 Å². The number of hydrogen-bond acceptors (Lipinski definition) is 10. The van der Waals surface area contributed by atoms with Gasteiger partial charge in [-0.25, -0.2) is 16.8 Å². The quantitative estimate of drug-likeness (QED) is 0.0643. The van der Waals surface area contributed by atoms with Gasteiger partial charge in [0.2, 0.25) is 0 Å². The topological polar surface area (TPSA) is 179 Å². The van der Waals surface area contributed by atoms with Gasteiger partial charge in [-0.2, -0.15) is 0 Å². The second-order valence-corrected chi connectivity index (χ2v) is 15.1. The smallest absolute Gasteiger partial charge is 0.269 e. The zero-order chi connectivity index (χ0) is 38.6. The average Bonchev–Trinajstić information content (AvgIpc) is 3.15. The van der Waals surface area contributed by atoms with Crippen LogP contribution in [0.2, 0.25) is 0 Å². The zero-order valence-corrected chi connectivity index (χ0v) is 30.7. The first-order valence-electron chi connectivity index (χ1n) is 15.7. The van der Waals surface area contributed by atoms with E-state index in [9.17, 15) is 37.1 Å². The molecule has 0 bridgehead atoms. The number of nitro groups is 2. The largest absolute Gasteiger partial charge is 0.495 e. The number of rotatable bonds is 16. The van der Waals surface area contributed by atoms with Crippen LogP contribution in [0.1, 0.15) is 13.8 Å². The van der Waals surface area contributed by atoms with Crippen LogP contribution in [0.25, 0.3) is 0 Å². The molecule has 4 aromatic carbocycles. The van der Waals surface area contributed by atoms with Crippen LogP contribution in [-0.4, -0.2) is 54.0 Å². The maximum atomic E-state index is 13.2. The molecule has 0 aliphatic carbocycles. The van der Waals surface area contributed by atoms with E-state index in [0.717, 1.165) is 0 Å². The lowest BCUT2D eigenvalue weighted by molar-refractivity contribution is -0.385. The number of ether oxygens (including phenoxy) is 2. The molecule has 52 heavy (non-hydrogen) atoms. The lowest BCUT2D eigenvalue weighted by Crippen LogP contribution is -2.34. The van der Waals surface area contributed by atoms with Crippen molar-refractivity contribution >= 4 is 42.8 Å². The van der Waals surface area contributed by atoms with Crippen LogP contribution in [0.3, 0.4) is 0 Å². The Hall–Kier alpha value is -5.74. The number of nitrogens with zero attached hydrogens (tertiary/aromatic N) is 4. The Morgan fingerprint density at radius 3 is 1.19 bits per heavy atom. The maximum absolute atomic E-state index is 13.2. The molecule has 0 saturated carbocycles. The molecule has 0 radical (unpaired) electrons. The highest BCUT2D eigenvalue weighted by Gasteiger charge is 2.30. The molecule has 2 atom stereocenters. The van der Waals surface area contributed by atoms with E-state index in [-0.39, 0.29) is 46.1 Å². The summed E-state index contributed by atoms with van der Waals surface area (Å²) >= 11 is 0. The number of para-hydroxylation sites is 4. The molecule has 0 N–H and O–H groups in total. The van der Waals surface area contributed by atoms with Crippen LogP contribution >= 0.6 is 0 Å². The molecule has 0 unspecified atom stereocenters. The normalized spacial score (nSPS) is 12.2. The van der Waals surface area contributed by atoms with Gasteiger partial charge in [0.1, 0.15) is 11.5 Å². The van der Waals surface area contributed by atoms with E-state index in [4.69, 9.17) is 9.47 Å². The standard InChI is InChI=1S/2C18H20N2O5S/c2*1-4-14(2)13-19(17-7-5-6-8-18(17)25-3)26(23,24)16-11-9-15(10-12-16)20(21)22/h2*4-12,14H,1,13H2,2-3H3/t2*14-/m11/s1. The van der Waals surface area contributed by atoms with Crippen molar-refractivity contribution in [2.45, 2.75) is 23.6 Å². The Bertz CT molecular complexity index is 1940. The van der Waals surface area contributed by atoms with Gasteiger partial charge in [-0.1, -0.05) is 50.3 Å². The summed E-state index contributed by atoms with van der Waals surface area (Å²) < 4.78 is 65.9. The van der Waals surface area contributed by atoms with Crippen LogP contribution in [0.15, 0.2) is 132 Å². The molecule has 16 heteroatoms. The van der Waals surface area contributed by atoms with Crippen molar-refractivity contribution < 1.29 is 36.2 Å². The van der Waals surface area contributed by atoms with Crippen LogP contribution in [0.4, 0.5) is 22.7 Å². The van der Waals surface area contributed by atoms with Gasteiger partial charge in [-0.05, 0) is 60.4 Å². The first kappa shape index (κ1) is 40.7. The molecule has 4 rings (SSSR count). The molecular formula is C36H40N4O10S2. The van der Waals surface area contributed by atoms with Crippen LogP contribution in [0, 0.1) is 32.1 Å². The third-order valence-electron chi connectivity index (χ3n) is 7.69. The molecule has 0 heterocycles. The Kier molecular flexibility index (Phi) is 14.1. The minimum atomic E-state index is -3.95. The monoisotopic (exact) mass is 752 g/mol. The fraction of sp³-hybridized carbons (Fsp3) is 0.222. The lowest BCUT2D eigenvalue weighted by atomic mass is 10.2. The van der Waals surface area contributed by atoms with Gasteiger partial charge in [0.25, 0.3) is 31.4 Å². The van der Waals surface area contributed by atoms with Crippen molar-refractivity contribution in [2.75, 3.05) is 35.9 Å². The number of methoxy groups -OCH3 is 2. The SMILES string of the molecule is C=C[C@@H](C)CN(c1ccccc1OC)S(=O)(=O)c1ccc([N+](=O)[O-])cc1.C=C[C@@H](C)CN(c1ccccc1OC)S(=O)(=O)c1ccc([N+](=O)[O-])cc1. The number of benzene rings is 4. The summed E-state index contributed by atoms with van der Waals surface area (Å²) in [7, 11) is -4.97. The van der Waals surface area contributed by atoms with E-state index < -0.39 is 29.9 Å². The summed E-state index contributed by atoms with van der Waals surface area (Å²) in [4.78, 5) is 20.4. The van der Waals surface area contributed by atoms with Crippen molar-refractivity contribution in [3.63, 3.8) is 0 Å². The Morgan fingerprint density at radius 1 is 0.615 bits per heavy atom. The molecule has 0 aliphatic rings. The first-order valence-corrected chi connectivity index (χ1v) is 18.6. The molecule has 0 aliphatic heterocycles. The fourth-order valence-corrected chi connectivity index (χ4v) is 7.88. The second-order valence-electron chi connectivity index (χ2n) is 11.3. The van der Waals surface area contributed by atoms with E-state index in [1.165, 1.54) is 71.4 Å². The third kappa shape index (κ3) is 9.73. The van der Waals surface area contributed by atoms with Crippen molar-refractivity contribution in [2.24, 2.45) is 11.8 Å². The third-order valence-corrected chi connectivity index (χ3v) is 11.3. The number of anilines is 2. The van der Waals surface area contributed by atoms with E-state index in [0.29, 0.717) is 22.9 Å². The van der Waals surface area contributed by atoms with Crippen LogP contribution < -0.4 is 18.1 Å². The number of hydrogen-bond donors (Lipinski definition) is 0. The summed E-state index contributed by atoms with van der Waals surface area (Å²) in [5.41, 5.74) is 0.434. The molecular weight excluding hydrogens is 713 g/mol. The van der Waals surface area contributed by atoms with Crippen LogP contribution in [0.5, 0.6) is 11.5 Å². The van der Waals surface area contributed by atoms with Crippen molar-refractivity contribution in [3.8, 4) is 11.5 Å². The molecule has 0 amide bonds. The average molecular weight is 753 g/mol. The summed E-state index contributed by atoms with van der Waals surface area (Å²) in [5, 5.41) is 21.6. The molecule has 14 nitrogen and oxygen atoms in total. The van der Waals surface area contributed by atoms with Gasteiger partial charge in [-0.15, -0.1) is 13.2 Å². The molecule has 0 aromatic heterocycles. The number of sulfonamides is 2. The summed E-state index contributed by atoms with van der Waals surface area (Å²) in [6.45, 7) is 11.4. The summed E-state index contributed by atoms with van der Waals surface area (Å²) in [5.74, 6) is 0.587. The summed E-state index contributed by atoms with van der Waals surface area (Å²) in [6.07, 6.45) is 3.32. The highest BCUT2D eigenvalue weighted by Crippen LogP contribution is 2.35. The fourth-order valence-electron chi connectivity index (χ4n) is 4.73. The molecule has 0 spiro atoms. The highest BCUT2D eigenvalue weighted by atomic mass is 32.2. The van der Waals surface area contributed by atoms with Gasteiger partial charge in [0, 0.05) is 37.4 Å². The van der Waals surface area contributed by atoms with Gasteiger partial charge in [0.05, 0.1) is 45.2 Å². The zero-order valence-electron chi connectivity index (χ0n) is 29.1. The first-order chi connectivity index (χ1) is 24.6. The highest BCUT2D eigenvalue weighted by molar-refractivity contribution is 7.93. The van der Waals surface area contributed by atoms with Crippen molar-refractivity contribution in [1.29, 1.82) is 0 Å². The van der Waals surface area contributed by atoms with Crippen molar-refractivity contribution in [3.05, 3.63) is 143 Å². The predicted molar refractivity (Wildman–Crippen MR) is 200 cm³/mol. The van der Waals surface area contributed by atoms with Crippen molar-refractivity contribution in [1.82, 2.24) is 0 Å². The lowest BCUT2D eigenvalue weighted by Gasteiger charge is -2.27. The van der Waals surface area contributed by atoms with Gasteiger partial charge in [0.15, 0.2) is 0 Å². The van der Waals surface area contributed by atoms with E-state index in [2.05, 4.69) is 13.2 Å². The van der Waals surface area contributed by atoms with Gasteiger partial charge >= 0.3 is 0 Å². The number of nitro benzene ring substituents is 2. The Balaban J connectivity index is 0.000000280. The van der Waals surface area contributed by atoms with E-state index in [1.807, 2.05) is 13.8 Å². The molecule has 276 valence electrons. The van der Waals surface area contributed by atoms with Gasteiger partial charge < -0.3 is 9.47 Å². The summed E-state index contributed by atoms with van der Waals surface area (Å²) in [6, 6.07) is 23.2. The van der Waals surface area contributed by atoms with E-state index in [1.54, 1.807) is 60.7 Å².